The Morgan fingerprint density at radius 2 is 1.62 bits per heavy atom. The predicted molar refractivity (Wildman–Crippen MR) is 60.4 cm³/mol. The first-order valence-corrected chi connectivity index (χ1v) is 5.08. The molecular formula is C12H16NO2Y-. The fourth-order valence-corrected chi connectivity index (χ4v) is 2.47. The third-order valence-electron chi connectivity index (χ3n) is 3.20. The van der Waals surface area contributed by atoms with E-state index in [0.29, 0.717) is 0 Å². The van der Waals surface area contributed by atoms with Crippen molar-refractivity contribution < 1.29 is 42.9 Å². The van der Waals surface area contributed by atoms with Crippen molar-refractivity contribution in [2.75, 3.05) is 11.9 Å². The van der Waals surface area contributed by atoms with Crippen LogP contribution in [0.3, 0.4) is 0 Å². The molecule has 0 aromatic heterocycles. The maximum atomic E-state index is 9.77. The van der Waals surface area contributed by atoms with Crippen molar-refractivity contribution in [2.24, 2.45) is 0 Å². The third kappa shape index (κ3) is 1.74. The van der Waals surface area contributed by atoms with Gasteiger partial charge in [-0.2, -0.15) is 0 Å². The number of aromatic hydroxyl groups is 2. The van der Waals surface area contributed by atoms with Gasteiger partial charge in [0.2, 0.25) is 0 Å². The Balaban J connectivity index is 0.00000128. The molecule has 1 radical (unpaired) electrons. The van der Waals surface area contributed by atoms with Gasteiger partial charge < -0.3 is 15.1 Å². The molecule has 1 atom stereocenters. The molecular weight excluding hydrogens is 279 g/mol. The summed E-state index contributed by atoms with van der Waals surface area (Å²) in [5.74, 6) is 0.303. The van der Waals surface area contributed by atoms with Crippen LogP contribution < -0.4 is 4.90 Å². The van der Waals surface area contributed by atoms with Crippen LogP contribution in [0.25, 0.3) is 0 Å². The summed E-state index contributed by atoms with van der Waals surface area (Å²) in [6.07, 6.45) is 0. The minimum Gasteiger partial charge on any atom is -0.524 e. The van der Waals surface area contributed by atoms with Crippen LogP contribution in [0.15, 0.2) is 0 Å². The van der Waals surface area contributed by atoms with Crippen LogP contribution in [0.2, 0.25) is 0 Å². The van der Waals surface area contributed by atoms with Gasteiger partial charge in [-0.05, 0) is 32.0 Å². The molecule has 0 amide bonds. The van der Waals surface area contributed by atoms with Crippen LogP contribution in [-0.2, 0) is 32.7 Å². The SMILES string of the molecule is Cc1c(O)c(O)c(C)c2c1C(C)[CH-]N2C.[Y]. The van der Waals surface area contributed by atoms with Crippen LogP contribution in [-0.4, -0.2) is 17.3 Å². The molecule has 85 valence electrons. The van der Waals surface area contributed by atoms with E-state index in [1.165, 1.54) is 0 Å². The average Bonchev–Trinajstić information content (AvgIpc) is 2.47. The molecule has 0 bridgehead atoms. The van der Waals surface area contributed by atoms with Crippen molar-refractivity contribution in [1.29, 1.82) is 0 Å². The molecule has 0 spiro atoms. The number of fused-ring (bicyclic) bond motifs is 1. The Morgan fingerprint density at radius 3 is 2.19 bits per heavy atom. The van der Waals surface area contributed by atoms with E-state index in [0.717, 1.165) is 22.4 Å². The second-order valence-electron chi connectivity index (χ2n) is 4.26. The number of phenols is 2. The molecule has 0 aliphatic carbocycles. The smallest absolute Gasteiger partial charge is 0.162 e. The third-order valence-corrected chi connectivity index (χ3v) is 3.20. The number of hydrogen-bond donors (Lipinski definition) is 2. The fourth-order valence-electron chi connectivity index (χ4n) is 2.47. The second-order valence-corrected chi connectivity index (χ2v) is 4.26. The fraction of sp³-hybridized carbons (Fsp3) is 0.417. The van der Waals surface area contributed by atoms with Gasteiger partial charge in [-0.25, -0.2) is 6.54 Å². The topological polar surface area (TPSA) is 43.7 Å². The molecule has 1 aromatic rings. The quantitative estimate of drug-likeness (QED) is 0.571. The maximum Gasteiger partial charge on any atom is 0.162 e. The van der Waals surface area contributed by atoms with E-state index < -0.39 is 0 Å². The zero-order chi connectivity index (χ0) is 11.3. The van der Waals surface area contributed by atoms with Gasteiger partial charge >= 0.3 is 0 Å². The number of benzene rings is 1. The van der Waals surface area contributed by atoms with Gasteiger partial charge in [-0.3, -0.25) is 0 Å². The average molecular weight is 295 g/mol. The number of hydrogen-bond acceptors (Lipinski definition) is 3. The molecule has 2 rings (SSSR count). The molecule has 16 heavy (non-hydrogen) atoms. The first kappa shape index (κ1) is 13.8. The van der Waals surface area contributed by atoms with Crippen LogP contribution in [0.1, 0.15) is 29.5 Å². The Labute approximate surface area is 121 Å². The first-order valence-electron chi connectivity index (χ1n) is 5.08. The minimum atomic E-state index is 0. The summed E-state index contributed by atoms with van der Waals surface area (Å²) in [4.78, 5) is 2.02. The van der Waals surface area contributed by atoms with Gasteiger partial charge in [-0.1, -0.05) is 6.92 Å². The Hall–Kier alpha value is -0.276. The van der Waals surface area contributed by atoms with Crippen molar-refractivity contribution in [1.82, 2.24) is 0 Å². The monoisotopic (exact) mass is 295 g/mol. The molecule has 1 heterocycles. The van der Waals surface area contributed by atoms with E-state index >= 15 is 0 Å². The number of likely N-dealkylation sites (N-methyl/N-ethyl adjacent to an activating group) is 1. The van der Waals surface area contributed by atoms with Gasteiger partial charge in [0, 0.05) is 44.0 Å². The van der Waals surface area contributed by atoms with Crippen molar-refractivity contribution >= 4 is 5.69 Å². The number of anilines is 1. The maximum absolute atomic E-state index is 9.77. The summed E-state index contributed by atoms with van der Waals surface area (Å²) >= 11 is 0. The Morgan fingerprint density at radius 1 is 1.12 bits per heavy atom. The molecule has 4 heteroatoms. The Bertz CT molecular complexity index is 393. The molecule has 2 N–H and O–H groups in total. The Kier molecular flexibility index (Phi) is 3.91. The number of phenolic OH excluding ortho intramolecular Hbond substituents is 2. The van der Waals surface area contributed by atoms with Crippen LogP contribution in [0.4, 0.5) is 5.69 Å². The second kappa shape index (κ2) is 4.54. The van der Waals surface area contributed by atoms with E-state index in [1.807, 2.05) is 25.8 Å². The van der Waals surface area contributed by atoms with Crippen molar-refractivity contribution in [3.05, 3.63) is 23.2 Å². The molecule has 3 nitrogen and oxygen atoms in total. The van der Waals surface area contributed by atoms with Crippen LogP contribution in [0, 0.1) is 20.4 Å². The number of nitrogens with zero attached hydrogens (tertiary/aromatic N) is 1. The summed E-state index contributed by atoms with van der Waals surface area (Å²) in [6, 6.07) is 0. The van der Waals surface area contributed by atoms with E-state index in [9.17, 15) is 10.2 Å². The molecule has 1 aliphatic heterocycles. The normalized spacial score (nSPS) is 18.2. The molecule has 0 saturated heterocycles. The summed E-state index contributed by atoms with van der Waals surface area (Å²) in [5.41, 5.74) is 3.66. The number of rotatable bonds is 0. The zero-order valence-electron chi connectivity index (χ0n) is 10.1. The van der Waals surface area contributed by atoms with Crippen LogP contribution in [0.5, 0.6) is 11.5 Å². The predicted octanol–water partition coefficient (Wildman–Crippen LogP) is 2.43. The van der Waals surface area contributed by atoms with Crippen molar-refractivity contribution in [2.45, 2.75) is 26.7 Å². The van der Waals surface area contributed by atoms with Gasteiger partial charge in [0.25, 0.3) is 0 Å². The molecule has 1 aromatic carbocycles. The summed E-state index contributed by atoms with van der Waals surface area (Å²) in [6.45, 7) is 7.85. The van der Waals surface area contributed by atoms with Gasteiger partial charge in [0.1, 0.15) is 0 Å². The van der Waals surface area contributed by atoms with Crippen molar-refractivity contribution in [3.63, 3.8) is 0 Å². The first-order chi connectivity index (χ1) is 6.95. The van der Waals surface area contributed by atoms with Crippen molar-refractivity contribution in [3.8, 4) is 11.5 Å². The minimum absolute atomic E-state index is 0. The zero-order valence-corrected chi connectivity index (χ0v) is 12.9. The summed E-state index contributed by atoms with van der Waals surface area (Å²) in [7, 11) is 1.96. The molecule has 1 unspecified atom stereocenters. The standard InChI is InChI=1S/C12H16NO2.Y/c1-6-5-13(4)10-8(3)12(15)11(14)7(2)9(6)10;/h5-6,14-15H,1-4H3;/q-1;. The molecule has 0 fully saturated rings. The van der Waals surface area contributed by atoms with Gasteiger partial charge in [-0.15, -0.1) is 5.92 Å². The van der Waals surface area contributed by atoms with E-state index in [2.05, 4.69) is 13.5 Å². The van der Waals surface area contributed by atoms with E-state index in [1.54, 1.807) is 0 Å². The van der Waals surface area contributed by atoms with E-state index in [-0.39, 0.29) is 50.1 Å². The summed E-state index contributed by atoms with van der Waals surface area (Å²) in [5, 5.41) is 19.5. The van der Waals surface area contributed by atoms with Gasteiger partial charge in [0.05, 0.1) is 0 Å². The molecule has 0 saturated carbocycles. The largest absolute Gasteiger partial charge is 0.524 e. The van der Waals surface area contributed by atoms with E-state index in [4.69, 9.17) is 0 Å². The van der Waals surface area contributed by atoms with Crippen LogP contribution >= 0.6 is 0 Å². The molecule has 1 aliphatic rings. The van der Waals surface area contributed by atoms with Gasteiger partial charge in [0.15, 0.2) is 11.5 Å². The summed E-state index contributed by atoms with van der Waals surface area (Å²) < 4.78 is 0.